The van der Waals surface area contributed by atoms with E-state index in [4.69, 9.17) is 9.84 Å². The molecule has 2 atom stereocenters. The van der Waals surface area contributed by atoms with E-state index in [1.54, 1.807) is 6.07 Å². The van der Waals surface area contributed by atoms with Crippen molar-refractivity contribution >= 4 is 5.97 Å². The number of nitrogens with zero attached hydrogens (tertiary/aromatic N) is 2. The molecule has 0 amide bonds. The number of ether oxygens (including phenoxy) is 1. The molecule has 0 unspecified atom stereocenters. The van der Waals surface area contributed by atoms with E-state index in [1.807, 2.05) is 9.80 Å². The fourth-order valence-corrected chi connectivity index (χ4v) is 3.69. The third-order valence-electron chi connectivity index (χ3n) is 4.71. The second-order valence-electron chi connectivity index (χ2n) is 6.73. The minimum absolute atomic E-state index is 0.0556. The van der Waals surface area contributed by atoms with Crippen LogP contribution in [0.4, 0.5) is 13.2 Å². The molecule has 0 saturated carbocycles. The highest BCUT2D eigenvalue weighted by Gasteiger charge is 2.37. The van der Waals surface area contributed by atoms with Crippen LogP contribution in [0.5, 0.6) is 0 Å². The highest BCUT2D eigenvalue weighted by molar-refractivity contribution is 5.69. The van der Waals surface area contributed by atoms with Gasteiger partial charge in [0.05, 0.1) is 25.3 Å². The third kappa shape index (κ3) is 4.50. The Morgan fingerprint density at radius 1 is 1.20 bits per heavy atom. The van der Waals surface area contributed by atoms with E-state index >= 15 is 0 Å². The number of rotatable bonds is 4. The summed E-state index contributed by atoms with van der Waals surface area (Å²) in [6, 6.07) is 5.50. The first-order chi connectivity index (χ1) is 11.8. The lowest BCUT2D eigenvalue weighted by Crippen LogP contribution is -2.45. The zero-order valence-corrected chi connectivity index (χ0v) is 13.7. The number of aliphatic carboxylic acids is 1. The smallest absolute Gasteiger partial charge is 0.416 e. The quantitative estimate of drug-likeness (QED) is 0.891. The van der Waals surface area contributed by atoms with E-state index in [0.29, 0.717) is 32.8 Å². The van der Waals surface area contributed by atoms with E-state index in [0.717, 1.165) is 6.07 Å². The highest BCUT2D eigenvalue weighted by atomic mass is 19.4. The van der Waals surface area contributed by atoms with Gasteiger partial charge in [-0.3, -0.25) is 14.6 Å². The maximum atomic E-state index is 13.2. The van der Waals surface area contributed by atoms with Gasteiger partial charge in [0.25, 0.3) is 0 Å². The van der Waals surface area contributed by atoms with Gasteiger partial charge in [-0.15, -0.1) is 0 Å². The number of carbonyl (C=O) groups is 1. The molecule has 2 aliphatic heterocycles. The normalized spacial score (nSPS) is 25.6. The molecule has 0 aliphatic carbocycles. The molecule has 2 bridgehead atoms. The van der Waals surface area contributed by atoms with Crippen LogP contribution in [0.15, 0.2) is 24.3 Å². The molecule has 1 aromatic carbocycles. The predicted octanol–water partition coefficient (Wildman–Crippen LogP) is 1.92. The number of carboxylic acids is 1. The molecule has 2 fully saturated rings. The maximum absolute atomic E-state index is 13.2. The number of carboxylic acid groups (broad SMARTS) is 1. The first-order valence-electron chi connectivity index (χ1n) is 8.24. The number of halogens is 3. The van der Waals surface area contributed by atoms with Crippen LogP contribution in [0.1, 0.15) is 11.1 Å². The van der Waals surface area contributed by atoms with Gasteiger partial charge >= 0.3 is 12.1 Å². The summed E-state index contributed by atoms with van der Waals surface area (Å²) in [6.07, 6.45) is -4.39. The van der Waals surface area contributed by atoms with Gasteiger partial charge in [-0.1, -0.05) is 18.2 Å². The Bertz CT molecular complexity index is 623. The molecule has 0 radical (unpaired) electrons. The standard InChI is InChI=1S/C17H21F3N2O3/c18-17(19,20)15-4-2-1-3-13(15)7-22-6-12-5-21(9-16(23)24)8-14(22)11-25-10-12/h1-4,12,14H,5-11H2,(H,23,24)/t12-,14-/m0/s1. The second kappa shape index (κ2) is 7.31. The lowest BCUT2D eigenvalue weighted by molar-refractivity contribution is -0.139. The Morgan fingerprint density at radius 2 is 1.96 bits per heavy atom. The molecule has 3 rings (SSSR count). The summed E-state index contributed by atoms with van der Waals surface area (Å²) in [5.41, 5.74) is -0.371. The zero-order chi connectivity index (χ0) is 18.0. The largest absolute Gasteiger partial charge is 0.480 e. The summed E-state index contributed by atoms with van der Waals surface area (Å²) < 4.78 is 45.4. The van der Waals surface area contributed by atoms with Crippen LogP contribution in [0.3, 0.4) is 0 Å². The molecule has 2 heterocycles. The van der Waals surface area contributed by atoms with Gasteiger partial charge in [0.15, 0.2) is 0 Å². The average molecular weight is 358 g/mol. The lowest BCUT2D eigenvalue weighted by Gasteiger charge is -2.31. The SMILES string of the molecule is O=C(O)CN1C[C@@H]2COC[C@H](C1)N(Cc1ccccc1C(F)(F)F)C2. The van der Waals surface area contributed by atoms with Crippen LogP contribution in [-0.4, -0.2) is 66.3 Å². The minimum Gasteiger partial charge on any atom is -0.480 e. The Labute approximate surface area is 144 Å². The monoisotopic (exact) mass is 358 g/mol. The Kier molecular flexibility index (Phi) is 5.31. The highest BCUT2D eigenvalue weighted by Crippen LogP contribution is 2.33. The molecule has 0 spiro atoms. The van der Waals surface area contributed by atoms with Crippen molar-refractivity contribution in [3.05, 3.63) is 35.4 Å². The summed E-state index contributed by atoms with van der Waals surface area (Å²) in [4.78, 5) is 14.9. The summed E-state index contributed by atoms with van der Waals surface area (Å²) >= 11 is 0. The van der Waals surface area contributed by atoms with Crippen molar-refractivity contribution in [1.29, 1.82) is 0 Å². The molecular weight excluding hydrogens is 337 g/mol. The Balaban J connectivity index is 1.80. The summed E-state index contributed by atoms with van der Waals surface area (Å²) in [6.45, 7) is 2.70. The Morgan fingerprint density at radius 3 is 2.68 bits per heavy atom. The fourth-order valence-electron chi connectivity index (χ4n) is 3.69. The summed E-state index contributed by atoms with van der Waals surface area (Å²) in [5.74, 6) is -0.806. The summed E-state index contributed by atoms with van der Waals surface area (Å²) in [5, 5.41) is 9.04. The van der Waals surface area contributed by atoms with Gasteiger partial charge in [-0.2, -0.15) is 13.2 Å². The van der Waals surface area contributed by atoms with Crippen LogP contribution < -0.4 is 0 Å². The van der Waals surface area contributed by atoms with E-state index in [1.165, 1.54) is 12.1 Å². The van der Waals surface area contributed by atoms with Crippen molar-refractivity contribution < 1.29 is 27.8 Å². The van der Waals surface area contributed by atoms with E-state index in [-0.39, 0.29) is 30.6 Å². The maximum Gasteiger partial charge on any atom is 0.416 e. The van der Waals surface area contributed by atoms with Gasteiger partial charge in [-0.05, 0) is 11.6 Å². The van der Waals surface area contributed by atoms with Crippen molar-refractivity contribution in [2.45, 2.75) is 18.8 Å². The van der Waals surface area contributed by atoms with E-state index in [2.05, 4.69) is 0 Å². The van der Waals surface area contributed by atoms with Gasteiger partial charge in [0, 0.05) is 38.1 Å². The van der Waals surface area contributed by atoms with Gasteiger partial charge in [0.2, 0.25) is 0 Å². The van der Waals surface area contributed by atoms with Crippen LogP contribution in [0.25, 0.3) is 0 Å². The van der Waals surface area contributed by atoms with Gasteiger partial charge < -0.3 is 9.84 Å². The molecule has 25 heavy (non-hydrogen) atoms. The third-order valence-corrected chi connectivity index (χ3v) is 4.71. The van der Waals surface area contributed by atoms with Crippen molar-refractivity contribution in [2.24, 2.45) is 5.92 Å². The minimum atomic E-state index is -4.39. The molecule has 2 aliphatic rings. The average Bonchev–Trinajstić information content (AvgIpc) is 2.76. The molecule has 0 aromatic heterocycles. The first-order valence-corrected chi connectivity index (χ1v) is 8.24. The number of benzene rings is 1. The van der Waals surface area contributed by atoms with Crippen molar-refractivity contribution in [2.75, 3.05) is 39.4 Å². The van der Waals surface area contributed by atoms with Gasteiger partial charge in [-0.25, -0.2) is 0 Å². The zero-order valence-electron chi connectivity index (χ0n) is 13.7. The van der Waals surface area contributed by atoms with Crippen molar-refractivity contribution in [1.82, 2.24) is 9.80 Å². The molecule has 8 heteroatoms. The fraction of sp³-hybridized carbons (Fsp3) is 0.588. The van der Waals surface area contributed by atoms with Gasteiger partial charge in [0.1, 0.15) is 0 Å². The first kappa shape index (κ1) is 18.2. The molecule has 1 aromatic rings. The molecule has 1 N–H and O–H groups in total. The van der Waals surface area contributed by atoms with Crippen LogP contribution in [0, 0.1) is 5.92 Å². The molecule has 5 nitrogen and oxygen atoms in total. The number of fused-ring (bicyclic) bond motifs is 3. The summed E-state index contributed by atoms with van der Waals surface area (Å²) in [7, 11) is 0. The van der Waals surface area contributed by atoms with E-state index < -0.39 is 17.7 Å². The molecule has 2 saturated heterocycles. The number of alkyl halides is 3. The molecular formula is C17H21F3N2O3. The van der Waals surface area contributed by atoms with Crippen LogP contribution in [0.2, 0.25) is 0 Å². The number of hydrogen-bond donors (Lipinski definition) is 1. The van der Waals surface area contributed by atoms with Crippen LogP contribution >= 0.6 is 0 Å². The Hall–Kier alpha value is -1.64. The number of hydrogen-bond acceptors (Lipinski definition) is 4. The topological polar surface area (TPSA) is 53.0 Å². The van der Waals surface area contributed by atoms with Crippen LogP contribution in [-0.2, 0) is 22.3 Å². The van der Waals surface area contributed by atoms with E-state index in [9.17, 15) is 18.0 Å². The second-order valence-corrected chi connectivity index (χ2v) is 6.73. The lowest BCUT2D eigenvalue weighted by atomic mass is 10.0. The molecule has 138 valence electrons. The van der Waals surface area contributed by atoms with Crippen molar-refractivity contribution in [3.8, 4) is 0 Å². The predicted molar refractivity (Wildman–Crippen MR) is 84.0 cm³/mol. The van der Waals surface area contributed by atoms with Crippen molar-refractivity contribution in [3.63, 3.8) is 0 Å².